The molecule has 0 radical (unpaired) electrons. The quantitative estimate of drug-likeness (QED) is 0.892. The van der Waals surface area contributed by atoms with Gasteiger partial charge in [-0.1, -0.05) is 0 Å². The average molecular weight is 307 g/mol. The number of aromatic nitrogens is 2. The van der Waals surface area contributed by atoms with Gasteiger partial charge in [0.05, 0.1) is 6.20 Å². The number of hydrogen-bond acceptors (Lipinski definition) is 2. The minimum absolute atomic E-state index is 0.198. The zero-order chi connectivity index (χ0) is 14.9. The Morgan fingerprint density at radius 3 is 2.32 bits per heavy atom. The Hall–Kier alpha value is -1.13. The summed E-state index contributed by atoms with van der Waals surface area (Å²) in [5, 5.41) is 7.70. The molecule has 4 aliphatic carbocycles. The molecule has 2 atom stereocenters. The molecule has 4 fully saturated rings. The summed E-state index contributed by atoms with van der Waals surface area (Å²) < 4.78 is 28.6. The normalized spacial score (nSPS) is 45.9. The van der Waals surface area contributed by atoms with Gasteiger partial charge in [0.2, 0.25) is 0 Å². The van der Waals surface area contributed by atoms with Crippen LogP contribution < -0.4 is 5.32 Å². The average Bonchev–Trinajstić information content (AvgIpc) is 2.92. The molecule has 1 aromatic heterocycles. The highest BCUT2D eigenvalue weighted by atomic mass is 19.3. The maximum Gasteiger partial charge on any atom is 0.260 e. The van der Waals surface area contributed by atoms with Gasteiger partial charge in [-0.3, -0.25) is 0 Å². The van der Waals surface area contributed by atoms with Gasteiger partial charge in [-0.15, -0.1) is 0 Å². The number of halogens is 2. The van der Waals surface area contributed by atoms with Gasteiger partial charge in [0.15, 0.2) is 0 Å². The third-order valence-corrected chi connectivity index (χ3v) is 6.90. The second kappa shape index (κ2) is 4.45. The lowest BCUT2D eigenvalue weighted by Gasteiger charge is -2.60. The Morgan fingerprint density at radius 2 is 1.73 bits per heavy atom. The summed E-state index contributed by atoms with van der Waals surface area (Å²) in [5.41, 5.74) is 0.261. The Morgan fingerprint density at radius 1 is 1.09 bits per heavy atom. The third kappa shape index (κ3) is 1.80. The zero-order valence-electron chi connectivity index (χ0n) is 12.7. The standard InChI is InChI=1S/C17H23F2N3/c18-16(19)13-6-14(21-15-1-2-20-22(13)15)17-7-10-3-11(8-17)5-12(4-10)9-17/h1-2,10-14,16,21H,3-9H2/t10?,11?,12?,13-,14-,17?/m0/s1. The van der Waals surface area contributed by atoms with Crippen LogP contribution in [0.5, 0.6) is 0 Å². The Balaban J connectivity index is 1.49. The van der Waals surface area contributed by atoms with E-state index in [0.29, 0.717) is 6.42 Å². The lowest BCUT2D eigenvalue weighted by Crippen LogP contribution is -2.56. The summed E-state index contributed by atoms with van der Waals surface area (Å²) in [6.07, 6.45) is 7.75. The van der Waals surface area contributed by atoms with Crippen molar-refractivity contribution in [2.24, 2.45) is 23.2 Å². The minimum atomic E-state index is -2.34. The van der Waals surface area contributed by atoms with E-state index < -0.39 is 12.5 Å². The van der Waals surface area contributed by atoms with Crippen LogP contribution in [0.3, 0.4) is 0 Å². The number of rotatable bonds is 2. The van der Waals surface area contributed by atoms with Crippen LogP contribution in [0.2, 0.25) is 0 Å². The Bertz CT molecular complexity index is 547. The minimum Gasteiger partial charge on any atom is -0.367 e. The number of alkyl halides is 2. The molecule has 1 N–H and O–H groups in total. The summed E-state index contributed by atoms with van der Waals surface area (Å²) >= 11 is 0. The maximum absolute atomic E-state index is 13.5. The van der Waals surface area contributed by atoms with Gasteiger partial charge in [0.25, 0.3) is 6.43 Å². The summed E-state index contributed by atoms with van der Waals surface area (Å²) in [7, 11) is 0. The van der Waals surface area contributed by atoms with Crippen molar-refractivity contribution < 1.29 is 8.78 Å². The van der Waals surface area contributed by atoms with Gasteiger partial charge in [-0.05, 0) is 68.1 Å². The van der Waals surface area contributed by atoms with Crippen molar-refractivity contribution in [2.45, 2.75) is 63.5 Å². The molecule has 22 heavy (non-hydrogen) atoms. The molecule has 4 saturated carbocycles. The van der Waals surface area contributed by atoms with E-state index in [0.717, 1.165) is 23.6 Å². The first-order valence-electron chi connectivity index (χ1n) is 8.71. The zero-order valence-corrected chi connectivity index (χ0v) is 12.7. The van der Waals surface area contributed by atoms with Gasteiger partial charge in [0.1, 0.15) is 11.9 Å². The van der Waals surface area contributed by atoms with Crippen LogP contribution >= 0.6 is 0 Å². The molecule has 3 nitrogen and oxygen atoms in total. The first-order valence-corrected chi connectivity index (χ1v) is 8.71. The fraction of sp³-hybridized carbons (Fsp3) is 0.824. The van der Waals surface area contributed by atoms with Gasteiger partial charge in [0, 0.05) is 12.1 Å². The van der Waals surface area contributed by atoms with E-state index in [-0.39, 0.29) is 11.5 Å². The van der Waals surface area contributed by atoms with Crippen molar-refractivity contribution in [1.82, 2.24) is 9.78 Å². The van der Waals surface area contributed by atoms with Gasteiger partial charge in [-0.2, -0.15) is 5.10 Å². The fourth-order valence-corrected chi connectivity index (χ4v) is 6.49. The van der Waals surface area contributed by atoms with Crippen molar-refractivity contribution in [3.8, 4) is 0 Å². The van der Waals surface area contributed by atoms with Crippen molar-refractivity contribution >= 4 is 5.82 Å². The molecule has 5 heteroatoms. The monoisotopic (exact) mass is 307 g/mol. The smallest absolute Gasteiger partial charge is 0.260 e. The van der Waals surface area contributed by atoms with E-state index >= 15 is 0 Å². The highest BCUT2D eigenvalue weighted by Crippen LogP contribution is 2.62. The molecule has 6 rings (SSSR count). The molecule has 1 aromatic rings. The van der Waals surface area contributed by atoms with Crippen LogP contribution in [0.15, 0.2) is 12.3 Å². The number of anilines is 1. The van der Waals surface area contributed by atoms with Crippen molar-refractivity contribution in [3.63, 3.8) is 0 Å². The molecular weight excluding hydrogens is 284 g/mol. The maximum atomic E-state index is 13.5. The molecule has 0 spiro atoms. The molecule has 0 saturated heterocycles. The number of fused-ring (bicyclic) bond motifs is 1. The van der Waals surface area contributed by atoms with E-state index in [9.17, 15) is 8.78 Å². The molecule has 0 amide bonds. The molecule has 0 unspecified atom stereocenters. The number of nitrogens with zero attached hydrogens (tertiary/aromatic N) is 2. The summed E-state index contributed by atoms with van der Waals surface area (Å²) in [6, 6.07) is 1.29. The van der Waals surface area contributed by atoms with Gasteiger partial charge < -0.3 is 5.32 Å². The van der Waals surface area contributed by atoms with E-state index in [2.05, 4.69) is 10.4 Å². The van der Waals surface area contributed by atoms with Crippen molar-refractivity contribution in [3.05, 3.63) is 12.3 Å². The lowest BCUT2D eigenvalue weighted by molar-refractivity contribution is -0.0723. The van der Waals surface area contributed by atoms with Gasteiger partial charge >= 0.3 is 0 Å². The third-order valence-electron chi connectivity index (χ3n) is 6.90. The molecule has 0 aromatic carbocycles. The molecule has 120 valence electrons. The Labute approximate surface area is 129 Å². The highest BCUT2D eigenvalue weighted by Gasteiger charge is 2.55. The molecule has 2 heterocycles. The second-order valence-electron chi connectivity index (χ2n) is 8.28. The van der Waals surface area contributed by atoms with Crippen LogP contribution in [0.25, 0.3) is 0 Å². The van der Waals surface area contributed by atoms with E-state index in [4.69, 9.17) is 0 Å². The first kappa shape index (κ1) is 13.3. The van der Waals surface area contributed by atoms with Crippen molar-refractivity contribution in [2.75, 3.05) is 5.32 Å². The van der Waals surface area contributed by atoms with E-state index in [1.165, 1.54) is 43.2 Å². The van der Waals surface area contributed by atoms with Crippen LogP contribution in [0.4, 0.5) is 14.6 Å². The van der Waals surface area contributed by atoms with Crippen LogP contribution in [-0.2, 0) is 0 Å². The highest BCUT2D eigenvalue weighted by molar-refractivity contribution is 5.39. The van der Waals surface area contributed by atoms with Crippen molar-refractivity contribution in [1.29, 1.82) is 0 Å². The fourth-order valence-electron chi connectivity index (χ4n) is 6.49. The predicted molar refractivity (Wildman–Crippen MR) is 79.9 cm³/mol. The molecular formula is C17H23F2N3. The summed E-state index contributed by atoms with van der Waals surface area (Å²) in [6.45, 7) is 0. The molecule has 5 aliphatic rings. The SMILES string of the molecule is FC(F)[C@@H]1C[C@@H](C23CC4CC(CC(C4)C2)C3)Nc2ccnn21. The van der Waals surface area contributed by atoms with Crippen LogP contribution in [0.1, 0.15) is 51.0 Å². The molecule has 4 bridgehead atoms. The van der Waals surface area contributed by atoms with E-state index in [1.807, 2.05) is 6.07 Å². The second-order valence-corrected chi connectivity index (χ2v) is 8.28. The summed E-state index contributed by atoms with van der Waals surface area (Å²) in [5.74, 6) is 3.34. The first-order chi connectivity index (χ1) is 10.6. The van der Waals surface area contributed by atoms with Crippen LogP contribution in [0, 0.1) is 23.2 Å². The number of nitrogens with one attached hydrogen (secondary N) is 1. The number of hydrogen-bond donors (Lipinski definition) is 1. The Kier molecular flexibility index (Phi) is 2.70. The molecule has 1 aliphatic heterocycles. The predicted octanol–water partition coefficient (Wildman–Crippen LogP) is 4.09. The van der Waals surface area contributed by atoms with E-state index in [1.54, 1.807) is 6.20 Å². The topological polar surface area (TPSA) is 29.9 Å². The summed E-state index contributed by atoms with van der Waals surface area (Å²) in [4.78, 5) is 0. The largest absolute Gasteiger partial charge is 0.367 e. The van der Waals surface area contributed by atoms with Gasteiger partial charge in [-0.25, -0.2) is 13.5 Å². The lowest BCUT2D eigenvalue weighted by atomic mass is 9.47. The van der Waals surface area contributed by atoms with Crippen LogP contribution in [-0.4, -0.2) is 22.2 Å².